The van der Waals surface area contributed by atoms with E-state index in [1.165, 1.54) is 17.5 Å². The van der Waals surface area contributed by atoms with Crippen molar-refractivity contribution < 1.29 is 23.1 Å². The molecular weight excluding hydrogens is 390 g/mol. The Labute approximate surface area is 171 Å². The number of hydrogen-bond acceptors (Lipinski definition) is 4. The molecule has 0 aromatic heterocycles. The Kier molecular flexibility index (Phi) is 6.27. The third-order valence-electron chi connectivity index (χ3n) is 5.07. The van der Waals surface area contributed by atoms with E-state index in [1.807, 2.05) is 12.1 Å². The van der Waals surface area contributed by atoms with E-state index in [1.54, 1.807) is 30.3 Å². The molecule has 0 aliphatic carbocycles. The van der Waals surface area contributed by atoms with Crippen LogP contribution >= 0.6 is 0 Å². The van der Waals surface area contributed by atoms with Crippen molar-refractivity contribution in [3.05, 3.63) is 65.7 Å². The molecule has 0 bridgehead atoms. The van der Waals surface area contributed by atoms with Crippen LogP contribution in [-0.4, -0.2) is 33.1 Å². The van der Waals surface area contributed by atoms with Crippen LogP contribution in [0.4, 0.5) is 5.69 Å². The molecule has 1 atom stereocenters. The molecule has 0 saturated heterocycles. The van der Waals surface area contributed by atoms with Crippen molar-refractivity contribution in [2.45, 2.75) is 37.0 Å². The summed E-state index contributed by atoms with van der Waals surface area (Å²) in [5.74, 6) is -0.842. The molecule has 0 amide bonds. The second-order valence-corrected chi connectivity index (χ2v) is 8.87. The Hall–Kier alpha value is -2.80. The molecule has 0 fully saturated rings. The Balaban J connectivity index is 1.96. The van der Waals surface area contributed by atoms with Gasteiger partial charge in [0.15, 0.2) is 0 Å². The number of sulfonamides is 1. The molecule has 1 aliphatic rings. The number of anilines is 1. The molecule has 1 aliphatic heterocycles. The highest BCUT2D eigenvalue weighted by molar-refractivity contribution is 7.92. The van der Waals surface area contributed by atoms with E-state index in [4.69, 9.17) is 9.84 Å². The predicted octanol–water partition coefficient (Wildman–Crippen LogP) is 3.97. The van der Waals surface area contributed by atoms with Gasteiger partial charge in [0.1, 0.15) is 5.75 Å². The lowest BCUT2D eigenvalue weighted by atomic mass is 10.0. The van der Waals surface area contributed by atoms with Crippen LogP contribution < -0.4 is 9.04 Å². The molecule has 0 spiro atoms. The largest absolute Gasteiger partial charge is 0.497 e. The van der Waals surface area contributed by atoms with Gasteiger partial charge in [0, 0.05) is 18.5 Å². The maximum absolute atomic E-state index is 13.3. The lowest BCUT2D eigenvalue weighted by molar-refractivity contribution is -0.131. The molecule has 29 heavy (non-hydrogen) atoms. The predicted molar refractivity (Wildman–Crippen MR) is 112 cm³/mol. The zero-order valence-electron chi connectivity index (χ0n) is 16.5. The summed E-state index contributed by atoms with van der Waals surface area (Å²) in [6.07, 6.45) is 5.63. The van der Waals surface area contributed by atoms with Crippen LogP contribution in [0.1, 0.15) is 36.8 Å². The average Bonchev–Trinajstić information content (AvgIpc) is 3.09. The van der Waals surface area contributed by atoms with E-state index in [2.05, 4.69) is 6.92 Å². The fourth-order valence-electron chi connectivity index (χ4n) is 3.49. The van der Waals surface area contributed by atoms with Crippen molar-refractivity contribution in [3.63, 3.8) is 0 Å². The molecule has 3 rings (SSSR count). The zero-order valence-corrected chi connectivity index (χ0v) is 17.4. The minimum absolute atomic E-state index is 0.145. The molecule has 2 aromatic rings. The van der Waals surface area contributed by atoms with Crippen LogP contribution in [0.3, 0.4) is 0 Å². The van der Waals surface area contributed by atoms with Gasteiger partial charge in [-0.2, -0.15) is 0 Å². The number of fused-ring (bicyclic) bond motifs is 1. The topological polar surface area (TPSA) is 83.9 Å². The fourth-order valence-corrected chi connectivity index (χ4v) is 5.00. The second-order valence-electron chi connectivity index (χ2n) is 7.01. The molecule has 154 valence electrons. The summed E-state index contributed by atoms with van der Waals surface area (Å²) < 4.78 is 33.2. The third-order valence-corrected chi connectivity index (χ3v) is 6.86. The number of carbonyl (C=O) groups is 1. The lowest BCUT2D eigenvalue weighted by Crippen LogP contribution is -2.29. The van der Waals surface area contributed by atoms with Gasteiger partial charge in [0.25, 0.3) is 10.0 Å². The van der Waals surface area contributed by atoms with Gasteiger partial charge in [-0.25, -0.2) is 13.2 Å². The first-order valence-electron chi connectivity index (χ1n) is 9.57. The molecule has 1 unspecified atom stereocenters. The number of ether oxygens (including phenoxy) is 1. The van der Waals surface area contributed by atoms with Crippen molar-refractivity contribution in [3.8, 4) is 5.75 Å². The highest BCUT2D eigenvalue weighted by Gasteiger charge is 2.36. The summed E-state index contributed by atoms with van der Waals surface area (Å²) in [6.45, 7) is 2.26. The number of nitrogens with zero attached hydrogens (tertiary/aromatic N) is 1. The van der Waals surface area contributed by atoms with Crippen molar-refractivity contribution >= 4 is 21.7 Å². The lowest BCUT2D eigenvalue weighted by Gasteiger charge is -2.20. The van der Waals surface area contributed by atoms with Crippen molar-refractivity contribution in [1.82, 2.24) is 0 Å². The highest BCUT2D eigenvalue weighted by Crippen LogP contribution is 2.42. The van der Waals surface area contributed by atoms with E-state index in [9.17, 15) is 13.2 Å². The summed E-state index contributed by atoms with van der Waals surface area (Å²) in [5.41, 5.74) is 2.38. The summed E-state index contributed by atoms with van der Waals surface area (Å²) in [5, 5.41) is 8.97. The SMILES string of the molecule is CCCCc1ccc(S(=O)(=O)N2CC(/C=C/C(=O)O)c3cc(OC)ccc32)cc1. The van der Waals surface area contributed by atoms with Gasteiger partial charge in [0.2, 0.25) is 0 Å². The first-order valence-corrected chi connectivity index (χ1v) is 11.0. The first-order chi connectivity index (χ1) is 13.9. The molecule has 1 heterocycles. The molecular formula is C22H25NO5S. The third kappa shape index (κ3) is 4.45. The highest BCUT2D eigenvalue weighted by atomic mass is 32.2. The Morgan fingerprint density at radius 1 is 1.24 bits per heavy atom. The van der Waals surface area contributed by atoms with E-state index < -0.39 is 16.0 Å². The quantitative estimate of drug-likeness (QED) is 0.660. The molecule has 0 radical (unpaired) electrons. The molecule has 7 heteroatoms. The van der Waals surface area contributed by atoms with Gasteiger partial charge < -0.3 is 9.84 Å². The Morgan fingerprint density at radius 2 is 1.97 bits per heavy atom. The number of carboxylic acid groups (broad SMARTS) is 1. The van der Waals surface area contributed by atoms with Gasteiger partial charge in [-0.05, 0) is 54.3 Å². The number of unbranched alkanes of at least 4 members (excludes halogenated alkanes) is 1. The van der Waals surface area contributed by atoms with Crippen molar-refractivity contribution in [1.29, 1.82) is 0 Å². The normalized spacial score (nSPS) is 16.2. The summed E-state index contributed by atoms with van der Waals surface area (Å²) in [4.78, 5) is 11.2. The van der Waals surface area contributed by atoms with Crippen molar-refractivity contribution in [2.75, 3.05) is 18.0 Å². The zero-order chi connectivity index (χ0) is 21.0. The number of methoxy groups -OCH3 is 1. The molecule has 1 N–H and O–H groups in total. The average molecular weight is 416 g/mol. The minimum Gasteiger partial charge on any atom is -0.497 e. The Bertz CT molecular complexity index is 1010. The van der Waals surface area contributed by atoms with Crippen molar-refractivity contribution in [2.24, 2.45) is 0 Å². The van der Waals surface area contributed by atoms with Crippen LogP contribution in [-0.2, 0) is 21.2 Å². The summed E-state index contributed by atoms with van der Waals surface area (Å²) in [7, 11) is -2.23. The number of hydrogen-bond donors (Lipinski definition) is 1. The number of carboxylic acids is 1. The number of benzene rings is 2. The van der Waals surface area contributed by atoms with Gasteiger partial charge in [-0.3, -0.25) is 4.31 Å². The standard InChI is InChI=1S/C22H25NO5S/c1-3-4-5-16-6-10-19(11-7-16)29(26,27)23-15-17(8-13-22(24)25)20-14-18(28-2)9-12-21(20)23/h6-14,17H,3-5,15H2,1-2H3,(H,24,25)/b13-8+. The molecule has 0 saturated carbocycles. The van der Waals surface area contributed by atoms with Crippen LogP contribution in [0.15, 0.2) is 59.5 Å². The summed E-state index contributed by atoms with van der Waals surface area (Å²) in [6, 6.07) is 12.2. The maximum Gasteiger partial charge on any atom is 0.327 e. The van der Waals surface area contributed by atoms with Gasteiger partial charge in [0.05, 0.1) is 17.7 Å². The first kappa shape index (κ1) is 20.9. The van der Waals surface area contributed by atoms with Gasteiger partial charge in [-0.1, -0.05) is 31.6 Å². The number of rotatable bonds is 8. The van der Waals surface area contributed by atoms with E-state index in [0.717, 1.165) is 36.5 Å². The van der Waals surface area contributed by atoms with Gasteiger partial charge in [-0.15, -0.1) is 0 Å². The smallest absolute Gasteiger partial charge is 0.327 e. The van der Waals surface area contributed by atoms with Crippen LogP contribution in [0.5, 0.6) is 5.75 Å². The van der Waals surface area contributed by atoms with E-state index >= 15 is 0 Å². The van der Waals surface area contributed by atoms with E-state index in [0.29, 0.717) is 11.4 Å². The molecule has 2 aromatic carbocycles. The monoisotopic (exact) mass is 415 g/mol. The molecule has 6 nitrogen and oxygen atoms in total. The maximum atomic E-state index is 13.3. The summed E-state index contributed by atoms with van der Waals surface area (Å²) >= 11 is 0. The number of aliphatic carboxylic acids is 1. The second kappa shape index (κ2) is 8.69. The van der Waals surface area contributed by atoms with Gasteiger partial charge >= 0.3 is 5.97 Å². The number of aryl methyl sites for hydroxylation is 1. The van der Waals surface area contributed by atoms with Crippen LogP contribution in [0.25, 0.3) is 0 Å². The fraction of sp³-hybridized carbons (Fsp3) is 0.318. The Morgan fingerprint density at radius 3 is 2.59 bits per heavy atom. The van der Waals surface area contributed by atoms with Crippen LogP contribution in [0, 0.1) is 0 Å². The van der Waals surface area contributed by atoms with E-state index in [-0.39, 0.29) is 17.4 Å². The minimum atomic E-state index is -3.77. The van der Waals surface area contributed by atoms with Crippen LogP contribution in [0.2, 0.25) is 0 Å².